The van der Waals surface area contributed by atoms with E-state index in [1.165, 1.54) is 18.2 Å². The summed E-state index contributed by atoms with van der Waals surface area (Å²) in [6.07, 6.45) is 0. The number of halogens is 1. The third kappa shape index (κ3) is 5.33. The van der Waals surface area contributed by atoms with Crippen LogP contribution in [0.15, 0.2) is 34.2 Å². The van der Waals surface area contributed by atoms with Gasteiger partial charge in [-0.1, -0.05) is 0 Å². The van der Waals surface area contributed by atoms with Gasteiger partial charge in [0.1, 0.15) is 0 Å². The predicted octanol–water partition coefficient (Wildman–Crippen LogP) is -2.12. The zero-order chi connectivity index (χ0) is 12.2. The fourth-order valence-electron chi connectivity index (χ4n) is 1.05. The summed E-state index contributed by atoms with van der Waals surface area (Å²) < 4.78 is 34.8. The molecule has 0 amide bonds. The molecular weight excluding hydrogens is 368 g/mol. The maximum Gasteiger partial charge on any atom is 1.00 e. The van der Waals surface area contributed by atoms with Gasteiger partial charge >= 0.3 is 131 Å². The van der Waals surface area contributed by atoms with Gasteiger partial charge in [-0.05, 0) is 0 Å². The second-order valence-electron chi connectivity index (χ2n) is 2.78. The number of hydrogen-bond donors (Lipinski definition) is 1. The van der Waals surface area contributed by atoms with Crippen LogP contribution < -0.4 is 29.6 Å². The van der Waals surface area contributed by atoms with Gasteiger partial charge in [-0.15, -0.1) is 0 Å². The van der Waals surface area contributed by atoms with Crippen molar-refractivity contribution < 1.29 is 47.6 Å². The third-order valence-electron chi connectivity index (χ3n) is 1.71. The minimum Gasteiger partial charge on any atom is 1.00 e. The first-order valence-electron chi connectivity index (χ1n) is 4.22. The first kappa shape index (κ1) is 17.5. The van der Waals surface area contributed by atoms with Crippen LogP contribution in [0.4, 0.5) is 0 Å². The van der Waals surface area contributed by atoms with Crippen LogP contribution in [0.1, 0.15) is 0 Å². The van der Waals surface area contributed by atoms with E-state index in [1.54, 1.807) is 17.3 Å². The summed E-state index contributed by atoms with van der Waals surface area (Å²) in [5.41, 5.74) is 0. The van der Waals surface area contributed by atoms with Gasteiger partial charge in [0.25, 0.3) is 0 Å². The largest absolute Gasteiger partial charge is 1.00 e. The molecule has 0 bridgehead atoms. The number of nitrogens with zero attached hydrogens (tertiary/aromatic N) is 1. The van der Waals surface area contributed by atoms with Gasteiger partial charge in [0, 0.05) is 0 Å². The number of rotatable bonds is 4. The van der Waals surface area contributed by atoms with Crippen LogP contribution in [0.2, 0.25) is 0 Å². The van der Waals surface area contributed by atoms with Crippen molar-refractivity contribution in [3.63, 3.8) is 0 Å². The summed E-state index contributed by atoms with van der Waals surface area (Å²) in [7, 11) is -2.84. The van der Waals surface area contributed by atoms with Gasteiger partial charge in [-0.2, -0.15) is 0 Å². The minimum absolute atomic E-state index is 0. The molecule has 0 radical (unpaired) electrons. The Kier molecular flexibility index (Phi) is 8.05. The average molecular weight is 379 g/mol. The molecular formula is C9H11INNaO4S. The van der Waals surface area contributed by atoms with E-state index in [0.29, 0.717) is 3.57 Å². The number of aliphatic hydroxyl groups excluding tert-OH is 1. The molecule has 1 rings (SSSR count). The van der Waals surface area contributed by atoms with Crippen molar-refractivity contribution in [3.8, 4) is 0 Å². The summed E-state index contributed by atoms with van der Waals surface area (Å²) in [5.74, 6) is 0. The standard InChI is InChI=1S/C9H12INO4S.Na/c1-11-6-10(7-12)8-3-2-4-9(5-8)16(13,14)15;/h2-6,12H,7H2,1H3,(H,13,14,15);/q;+1/p-1. The topological polar surface area (TPSA) is 89.8 Å². The zero-order valence-electron chi connectivity index (χ0n) is 9.50. The second kappa shape index (κ2) is 7.82. The summed E-state index contributed by atoms with van der Waals surface area (Å²) in [5, 5.41) is 9.16. The molecule has 1 N–H and O–H groups in total. The van der Waals surface area contributed by atoms with Crippen LogP contribution in [0.3, 0.4) is 0 Å². The molecule has 0 heterocycles. The first-order chi connectivity index (χ1) is 7.49. The molecule has 90 valence electrons. The normalized spacial score (nSPS) is 12.3. The first-order valence-corrected chi connectivity index (χ1v) is 9.48. The van der Waals surface area contributed by atoms with Crippen molar-refractivity contribution in [2.45, 2.75) is 4.90 Å². The third-order valence-corrected chi connectivity index (χ3v) is 6.78. The zero-order valence-corrected chi connectivity index (χ0v) is 14.5. The van der Waals surface area contributed by atoms with Crippen molar-refractivity contribution in [2.24, 2.45) is 4.99 Å². The number of hydrogen-bond acceptors (Lipinski definition) is 5. The van der Waals surface area contributed by atoms with Crippen molar-refractivity contribution in [1.82, 2.24) is 0 Å². The Balaban J connectivity index is 0.00000256. The molecule has 0 aliphatic heterocycles. The molecule has 0 saturated carbocycles. The summed E-state index contributed by atoms with van der Waals surface area (Å²) >= 11 is -1.99. The van der Waals surface area contributed by atoms with Gasteiger partial charge in [0.2, 0.25) is 0 Å². The SMILES string of the molecule is CN=CI(CO)c1cccc(S(=O)(=O)[O-])c1.[Na+]. The minimum atomic E-state index is -4.43. The van der Waals surface area contributed by atoms with Crippen molar-refractivity contribution >= 4 is 34.2 Å². The molecule has 17 heavy (non-hydrogen) atoms. The van der Waals surface area contributed by atoms with Gasteiger partial charge < -0.3 is 0 Å². The Labute approximate surface area is 130 Å². The molecule has 0 aromatic heterocycles. The number of aliphatic hydroxyl groups is 1. The Bertz CT molecular complexity index is 492. The average Bonchev–Trinajstić information content (AvgIpc) is 2.25. The van der Waals surface area contributed by atoms with Crippen LogP contribution in [0.5, 0.6) is 0 Å². The van der Waals surface area contributed by atoms with E-state index >= 15 is 0 Å². The molecule has 1 aromatic rings. The van der Waals surface area contributed by atoms with Crippen molar-refractivity contribution in [1.29, 1.82) is 0 Å². The summed E-state index contributed by atoms with van der Waals surface area (Å²) in [6.45, 7) is 0. The second-order valence-corrected chi connectivity index (χ2v) is 8.91. The van der Waals surface area contributed by atoms with Gasteiger partial charge in [-0.3, -0.25) is 0 Å². The molecule has 8 heteroatoms. The van der Waals surface area contributed by atoms with E-state index in [-0.39, 0.29) is 39.1 Å². The maximum atomic E-state index is 10.8. The van der Waals surface area contributed by atoms with Crippen molar-refractivity contribution in [2.75, 3.05) is 11.7 Å². The number of alkyl halides is 1. The molecule has 0 aliphatic carbocycles. The van der Waals surface area contributed by atoms with Crippen molar-refractivity contribution in [3.05, 3.63) is 27.8 Å². The maximum absolute atomic E-state index is 10.8. The molecule has 0 saturated heterocycles. The molecule has 1 aromatic carbocycles. The fourth-order valence-corrected chi connectivity index (χ4v) is 4.74. The quantitative estimate of drug-likeness (QED) is 0.213. The number of aliphatic imine (C=N–C) groups is 1. The van der Waals surface area contributed by atoms with Crippen LogP contribution in [-0.4, -0.2) is 34.0 Å². The van der Waals surface area contributed by atoms with Gasteiger partial charge in [0.05, 0.1) is 0 Å². The Morgan fingerprint density at radius 3 is 2.65 bits per heavy atom. The number of benzene rings is 1. The van der Waals surface area contributed by atoms with E-state index in [1.807, 2.05) is 0 Å². The van der Waals surface area contributed by atoms with Crippen LogP contribution in [0, 0.1) is 3.57 Å². The molecule has 0 fully saturated rings. The van der Waals surface area contributed by atoms with Crippen LogP contribution in [-0.2, 0) is 10.1 Å². The Morgan fingerprint density at radius 2 is 2.18 bits per heavy atom. The Morgan fingerprint density at radius 1 is 1.53 bits per heavy atom. The van der Waals surface area contributed by atoms with Crippen LogP contribution in [0.25, 0.3) is 0 Å². The fraction of sp³-hybridized carbons (Fsp3) is 0.222. The predicted molar refractivity (Wildman–Crippen MR) is 68.6 cm³/mol. The van der Waals surface area contributed by atoms with Gasteiger partial charge in [0.15, 0.2) is 0 Å². The smallest absolute Gasteiger partial charge is 1.00 e. The van der Waals surface area contributed by atoms with Crippen LogP contribution >= 0.6 is 19.8 Å². The summed E-state index contributed by atoms with van der Waals surface area (Å²) in [6, 6.07) is 5.78. The molecule has 5 nitrogen and oxygen atoms in total. The molecule has 0 atom stereocenters. The van der Waals surface area contributed by atoms with E-state index in [0.717, 1.165) is 0 Å². The van der Waals surface area contributed by atoms with Gasteiger partial charge in [-0.25, -0.2) is 0 Å². The monoisotopic (exact) mass is 379 g/mol. The van der Waals surface area contributed by atoms with E-state index < -0.39 is 29.9 Å². The van der Waals surface area contributed by atoms with E-state index in [4.69, 9.17) is 5.11 Å². The molecule has 0 aliphatic rings. The van der Waals surface area contributed by atoms with E-state index in [9.17, 15) is 13.0 Å². The van der Waals surface area contributed by atoms with E-state index in [2.05, 4.69) is 4.99 Å². The Hall–Kier alpha value is 0.490. The molecule has 0 spiro atoms. The summed E-state index contributed by atoms with van der Waals surface area (Å²) in [4.78, 5) is 3.57. The molecule has 0 unspecified atom stereocenters.